The Labute approximate surface area is 317 Å². The van der Waals surface area contributed by atoms with Crippen LogP contribution in [0.4, 0.5) is 0 Å². The second kappa shape index (κ2) is 13.8. The number of hydrogen-bond donors (Lipinski definition) is 0. The Bertz CT molecular complexity index is 2960. The summed E-state index contributed by atoms with van der Waals surface area (Å²) >= 11 is 0. The maximum absolute atomic E-state index is 6.62. The predicted molar refractivity (Wildman–Crippen MR) is 221 cm³/mol. The van der Waals surface area contributed by atoms with Crippen molar-refractivity contribution >= 4 is 21.9 Å². The van der Waals surface area contributed by atoms with Crippen LogP contribution >= 0.6 is 0 Å². The fourth-order valence-corrected chi connectivity index (χ4v) is 7.16. The van der Waals surface area contributed by atoms with Crippen molar-refractivity contribution in [1.82, 2.24) is 24.9 Å². The van der Waals surface area contributed by atoms with Crippen molar-refractivity contribution in [2.75, 3.05) is 0 Å². The SMILES string of the molecule is c1ccc(-c2ccc(-c3nc(-c4ccncc4)nc(-c4cc(-c5cccc(-c6cccc(-c7ccncc7)c6)c5)cc5c4oc4ccccc45)n3)cc2)cc1. The lowest BCUT2D eigenvalue weighted by molar-refractivity contribution is 0.669. The normalized spacial score (nSPS) is 11.3. The summed E-state index contributed by atoms with van der Waals surface area (Å²) < 4.78 is 6.62. The van der Waals surface area contributed by atoms with Crippen molar-refractivity contribution in [1.29, 1.82) is 0 Å². The highest BCUT2D eigenvalue weighted by molar-refractivity contribution is 6.11. The van der Waals surface area contributed by atoms with Gasteiger partial charge in [-0.2, -0.15) is 0 Å². The zero-order chi connectivity index (χ0) is 36.6. The molecule has 6 heteroatoms. The number of aromatic nitrogens is 5. The molecule has 0 unspecified atom stereocenters. The van der Waals surface area contributed by atoms with Crippen LogP contribution in [0.1, 0.15) is 0 Å². The summed E-state index contributed by atoms with van der Waals surface area (Å²) in [6.45, 7) is 0. The van der Waals surface area contributed by atoms with Crippen molar-refractivity contribution < 1.29 is 4.42 Å². The van der Waals surface area contributed by atoms with Gasteiger partial charge in [0.2, 0.25) is 0 Å². The topological polar surface area (TPSA) is 77.6 Å². The molecule has 0 amide bonds. The smallest absolute Gasteiger partial charge is 0.167 e. The van der Waals surface area contributed by atoms with Gasteiger partial charge in [0.15, 0.2) is 17.5 Å². The minimum atomic E-state index is 0.524. The first-order valence-electron chi connectivity index (χ1n) is 18.1. The van der Waals surface area contributed by atoms with E-state index in [1.165, 1.54) is 0 Å². The lowest BCUT2D eigenvalue weighted by Crippen LogP contribution is -2.00. The molecule has 0 aliphatic heterocycles. The molecule has 0 atom stereocenters. The van der Waals surface area contributed by atoms with Crippen molar-refractivity contribution in [2.24, 2.45) is 0 Å². The Kier molecular flexibility index (Phi) is 8.04. The average molecular weight is 706 g/mol. The van der Waals surface area contributed by atoms with Crippen LogP contribution in [0.15, 0.2) is 193 Å². The maximum Gasteiger partial charge on any atom is 0.167 e. The van der Waals surface area contributed by atoms with Crippen molar-refractivity contribution in [3.8, 4) is 78.7 Å². The van der Waals surface area contributed by atoms with Crippen LogP contribution in [0.2, 0.25) is 0 Å². The minimum absolute atomic E-state index is 0.524. The third kappa shape index (κ3) is 6.22. The summed E-state index contributed by atoms with van der Waals surface area (Å²) in [4.78, 5) is 23.7. The van der Waals surface area contributed by atoms with E-state index in [0.29, 0.717) is 17.5 Å². The number of fused-ring (bicyclic) bond motifs is 3. The fraction of sp³-hybridized carbons (Fsp3) is 0. The number of hydrogen-bond acceptors (Lipinski definition) is 6. The third-order valence-corrected chi connectivity index (χ3v) is 9.95. The van der Waals surface area contributed by atoms with Crippen LogP contribution in [0.25, 0.3) is 101 Å². The van der Waals surface area contributed by atoms with Gasteiger partial charge in [-0.25, -0.2) is 15.0 Å². The second-order valence-electron chi connectivity index (χ2n) is 13.4. The van der Waals surface area contributed by atoms with Gasteiger partial charge in [0, 0.05) is 46.7 Å². The first-order chi connectivity index (χ1) is 27.2. The van der Waals surface area contributed by atoms with Crippen LogP contribution in [-0.2, 0) is 0 Å². The lowest BCUT2D eigenvalue weighted by atomic mass is 9.94. The highest BCUT2D eigenvalue weighted by Gasteiger charge is 2.20. The molecule has 0 N–H and O–H groups in total. The Balaban J connectivity index is 1.14. The van der Waals surface area contributed by atoms with Gasteiger partial charge >= 0.3 is 0 Å². The van der Waals surface area contributed by atoms with Gasteiger partial charge in [0.05, 0.1) is 5.56 Å². The van der Waals surface area contributed by atoms with E-state index in [4.69, 9.17) is 19.4 Å². The molecule has 0 saturated carbocycles. The van der Waals surface area contributed by atoms with Gasteiger partial charge < -0.3 is 4.42 Å². The lowest BCUT2D eigenvalue weighted by Gasteiger charge is -2.12. The summed E-state index contributed by atoms with van der Waals surface area (Å²) in [6.07, 6.45) is 7.16. The molecule has 0 aliphatic rings. The molecule has 4 heterocycles. The molecule has 0 fully saturated rings. The van der Waals surface area contributed by atoms with Crippen molar-refractivity contribution in [3.05, 3.63) is 189 Å². The van der Waals surface area contributed by atoms with E-state index >= 15 is 0 Å². The maximum atomic E-state index is 6.62. The molecule has 0 spiro atoms. The van der Waals surface area contributed by atoms with Crippen molar-refractivity contribution in [2.45, 2.75) is 0 Å². The number of furan rings is 1. The quantitative estimate of drug-likeness (QED) is 0.164. The van der Waals surface area contributed by atoms with E-state index in [2.05, 4.69) is 113 Å². The van der Waals surface area contributed by atoms with Gasteiger partial charge in [-0.15, -0.1) is 0 Å². The number of benzene rings is 6. The van der Waals surface area contributed by atoms with E-state index in [1.54, 1.807) is 12.4 Å². The Morgan fingerprint density at radius 2 is 0.782 bits per heavy atom. The number of rotatable bonds is 7. The summed E-state index contributed by atoms with van der Waals surface area (Å²) in [6, 6.07) is 56.4. The average Bonchev–Trinajstić information content (AvgIpc) is 3.66. The molecule has 0 bridgehead atoms. The Morgan fingerprint density at radius 3 is 1.45 bits per heavy atom. The minimum Gasteiger partial charge on any atom is -0.455 e. The predicted octanol–water partition coefficient (Wildman–Crippen LogP) is 12.2. The van der Waals surface area contributed by atoms with Crippen LogP contribution in [0.3, 0.4) is 0 Å². The molecular formula is C49H31N5O. The van der Waals surface area contributed by atoms with Gasteiger partial charge in [-0.3, -0.25) is 9.97 Å². The summed E-state index contributed by atoms with van der Waals surface area (Å²) in [5, 5.41) is 2.02. The zero-order valence-corrected chi connectivity index (χ0v) is 29.5. The van der Waals surface area contributed by atoms with E-state index in [9.17, 15) is 0 Å². The molecule has 0 saturated heterocycles. The second-order valence-corrected chi connectivity index (χ2v) is 13.4. The molecule has 10 rings (SSSR count). The summed E-state index contributed by atoms with van der Waals surface area (Å²) in [7, 11) is 0. The molecule has 6 nitrogen and oxygen atoms in total. The molecule has 0 aliphatic carbocycles. The molecular weight excluding hydrogens is 675 g/mol. The number of nitrogens with zero attached hydrogens (tertiary/aromatic N) is 5. The highest BCUT2D eigenvalue weighted by atomic mass is 16.3. The molecule has 6 aromatic carbocycles. The first-order valence-corrected chi connectivity index (χ1v) is 18.1. The largest absolute Gasteiger partial charge is 0.455 e. The van der Waals surface area contributed by atoms with Crippen LogP contribution in [0.5, 0.6) is 0 Å². The van der Waals surface area contributed by atoms with Crippen molar-refractivity contribution in [3.63, 3.8) is 0 Å². The molecule has 10 aromatic rings. The van der Waals surface area contributed by atoms with Gasteiger partial charge in [-0.1, -0.05) is 109 Å². The Morgan fingerprint density at radius 1 is 0.309 bits per heavy atom. The molecule has 55 heavy (non-hydrogen) atoms. The van der Waals surface area contributed by atoms with Crippen LogP contribution in [0, 0.1) is 0 Å². The summed E-state index contributed by atoms with van der Waals surface area (Å²) in [5.41, 5.74) is 12.9. The highest BCUT2D eigenvalue weighted by Crippen LogP contribution is 2.40. The first kappa shape index (κ1) is 32.1. The van der Waals surface area contributed by atoms with Gasteiger partial charge in [0.1, 0.15) is 11.2 Å². The third-order valence-electron chi connectivity index (χ3n) is 9.95. The monoisotopic (exact) mass is 705 g/mol. The molecule has 0 radical (unpaired) electrons. The van der Waals surface area contributed by atoms with E-state index in [1.807, 2.05) is 73.1 Å². The fourth-order valence-electron chi connectivity index (χ4n) is 7.16. The van der Waals surface area contributed by atoms with Crippen LogP contribution in [-0.4, -0.2) is 24.9 Å². The van der Waals surface area contributed by atoms with Gasteiger partial charge in [0.25, 0.3) is 0 Å². The molecule has 258 valence electrons. The van der Waals surface area contributed by atoms with E-state index in [-0.39, 0.29) is 0 Å². The molecule has 4 aromatic heterocycles. The van der Waals surface area contributed by atoms with E-state index in [0.717, 1.165) is 83.1 Å². The Hall–Kier alpha value is -7.57. The van der Waals surface area contributed by atoms with Gasteiger partial charge in [-0.05, 0) is 99.1 Å². The number of pyridine rings is 2. The summed E-state index contributed by atoms with van der Waals surface area (Å²) in [5.74, 6) is 1.65. The standard InChI is InChI=1S/C49H31N5O/c1-2-8-32(9-3-1)33-16-18-35(19-17-33)47-52-48(36-22-26-51-27-23-36)54-49(53-47)44-31-41(30-43-42-14-4-5-15-45(42)55-46(43)44)40-13-7-12-39(29-40)38-11-6-10-37(28-38)34-20-24-50-25-21-34/h1-31H. The van der Waals surface area contributed by atoms with E-state index < -0.39 is 0 Å². The number of para-hydroxylation sites is 1. The zero-order valence-electron chi connectivity index (χ0n) is 29.5. The van der Waals surface area contributed by atoms with Crippen LogP contribution < -0.4 is 0 Å².